The van der Waals surface area contributed by atoms with Crippen molar-refractivity contribution in [2.24, 2.45) is 0 Å². The number of esters is 1. The van der Waals surface area contributed by atoms with Crippen LogP contribution in [0.4, 0.5) is 0 Å². The summed E-state index contributed by atoms with van der Waals surface area (Å²) in [5.41, 5.74) is 0.395. The molecular formula is C18H23NO5S. The van der Waals surface area contributed by atoms with E-state index in [0.717, 1.165) is 25.7 Å². The highest BCUT2D eigenvalue weighted by molar-refractivity contribution is 7.91. The zero-order valence-corrected chi connectivity index (χ0v) is 14.9. The number of amides is 1. The van der Waals surface area contributed by atoms with Crippen molar-refractivity contribution in [2.75, 3.05) is 18.1 Å². The van der Waals surface area contributed by atoms with Crippen molar-refractivity contribution in [1.29, 1.82) is 0 Å². The van der Waals surface area contributed by atoms with Crippen LogP contribution in [0.5, 0.6) is 0 Å². The lowest BCUT2D eigenvalue weighted by atomic mass is 10.1. The standard InChI is InChI=1S/C18H23NO5S/c20-17(12-24-18(21)14-6-2-1-3-7-14)19(15-8-4-5-9-15)16-10-11-25(22,23)13-16/h1-3,6-7,15-16H,4-5,8-13H2/t16-/m1/s1. The molecule has 6 nitrogen and oxygen atoms in total. The average Bonchev–Trinajstić information content (AvgIpc) is 3.24. The molecule has 1 aromatic rings. The molecule has 3 rings (SSSR count). The van der Waals surface area contributed by atoms with Gasteiger partial charge in [-0.15, -0.1) is 0 Å². The largest absolute Gasteiger partial charge is 0.452 e. The summed E-state index contributed by atoms with van der Waals surface area (Å²) in [7, 11) is -3.08. The molecule has 0 radical (unpaired) electrons. The Morgan fingerprint density at radius 1 is 1.04 bits per heavy atom. The van der Waals surface area contributed by atoms with Gasteiger partial charge in [-0.2, -0.15) is 0 Å². The number of sulfone groups is 1. The topological polar surface area (TPSA) is 80.8 Å². The van der Waals surface area contributed by atoms with Crippen molar-refractivity contribution in [2.45, 2.75) is 44.2 Å². The van der Waals surface area contributed by atoms with E-state index in [0.29, 0.717) is 12.0 Å². The van der Waals surface area contributed by atoms with Crippen molar-refractivity contribution in [3.05, 3.63) is 35.9 Å². The average molecular weight is 365 g/mol. The molecule has 1 atom stereocenters. The number of rotatable bonds is 5. The van der Waals surface area contributed by atoms with Crippen molar-refractivity contribution >= 4 is 21.7 Å². The first kappa shape index (κ1) is 17.9. The van der Waals surface area contributed by atoms with E-state index in [1.165, 1.54) is 0 Å². The van der Waals surface area contributed by atoms with E-state index in [1.807, 2.05) is 0 Å². The molecule has 7 heteroatoms. The van der Waals surface area contributed by atoms with Crippen LogP contribution in [0.2, 0.25) is 0 Å². The third-order valence-corrected chi connectivity index (χ3v) is 6.69. The summed E-state index contributed by atoms with van der Waals surface area (Å²) in [5.74, 6) is -0.697. The van der Waals surface area contributed by atoms with Crippen LogP contribution in [0.3, 0.4) is 0 Å². The van der Waals surface area contributed by atoms with Crippen molar-refractivity contribution in [3.8, 4) is 0 Å². The molecule has 2 fully saturated rings. The highest BCUT2D eigenvalue weighted by Gasteiger charge is 2.39. The molecule has 1 aliphatic carbocycles. The molecule has 1 saturated heterocycles. The van der Waals surface area contributed by atoms with E-state index in [9.17, 15) is 18.0 Å². The Balaban J connectivity index is 1.66. The first-order valence-electron chi connectivity index (χ1n) is 8.70. The van der Waals surface area contributed by atoms with Gasteiger partial charge < -0.3 is 9.64 Å². The highest BCUT2D eigenvalue weighted by atomic mass is 32.2. The minimum absolute atomic E-state index is 0.0157. The van der Waals surface area contributed by atoms with Gasteiger partial charge in [0.15, 0.2) is 16.4 Å². The van der Waals surface area contributed by atoms with Gasteiger partial charge in [0.1, 0.15) is 0 Å². The van der Waals surface area contributed by atoms with Gasteiger partial charge >= 0.3 is 5.97 Å². The normalized spacial score (nSPS) is 22.6. The predicted octanol–water partition coefficient (Wildman–Crippen LogP) is 1.80. The molecule has 0 aromatic heterocycles. The molecule has 0 unspecified atom stereocenters. The lowest BCUT2D eigenvalue weighted by Crippen LogP contribution is -2.48. The van der Waals surface area contributed by atoms with E-state index in [2.05, 4.69) is 0 Å². The number of carbonyl (C=O) groups excluding carboxylic acids is 2. The van der Waals surface area contributed by atoms with Crippen LogP contribution in [-0.4, -0.2) is 55.4 Å². The van der Waals surface area contributed by atoms with Crippen molar-refractivity contribution < 1.29 is 22.7 Å². The minimum Gasteiger partial charge on any atom is -0.452 e. The van der Waals surface area contributed by atoms with Gasteiger partial charge in [-0.05, 0) is 31.4 Å². The van der Waals surface area contributed by atoms with Gasteiger partial charge in [-0.1, -0.05) is 31.0 Å². The molecular weight excluding hydrogens is 342 g/mol. The van der Waals surface area contributed by atoms with Gasteiger partial charge in [0.2, 0.25) is 0 Å². The Morgan fingerprint density at radius 3 is 2.32 bits per heavy atom. The summed E-state index contributed by atoms with van der Waals surface area (Å²) in [5, 5.41) is 0. The zero-order chi connectivity index (χ0) is 17.9. The zero-order valence-electron chi connectivity index (χ0n) is 14.1. The molecule has 1 aliphatic heterocycles. The van der Waals surface area contributed by atoms with Crippen LogP contribution < -0.4 is 0 Å². The van der Waals surface area contributed by atoms with Crippen LogP contribution in [0.15, 0.2) is 30.3 Å². The van der Waals surface area contributed by atoms with Gasteiger partial charge in [0, 0.05) is 12.1 Å². The Bertz CT molecular complexity index is 725. The Kier molecular flexibility index (Phi) is 5.42. The quantitative estimate of drug-likeness (QED) is 0.743. The van der Waals surface area contributed by atoms with Crippen molar-refractivity contribution in [3.63, 3.8) is 0 Å². The predicted molar refractivity (Wildman–Crippen MR) is 92.9 cm³/mol. The number of hydrogen-bond donors (Lipinski definition) is 0. The maximum absolute atomic E-state index is 12.7. The van der Waals surface area contributed by atoms with Crippen LogP contribution in [0, 0.1) is 0 Å². The third-order valence-electron chi connectivity index (χ3n) is 4.94. The number of carbonyl (C=O) groups is 2. The molecule has 2 aliphatic rings. The van der Waals surface area contributed by atoms with E-state index in [-0.39, 0.29) is 36.1 Å². The molecule has 0 N–H and O–H groups in total. The number of hydrogen-bond acceptors (Lipinski definition) is 5. The number of ether oxygens (including phenoxy) is 1. The summed E-state index contributed by atoms with van der Waals surface area (Å²) >= 11 is 0. The Hall–Kier alpha value is -1.89. The van der Waals surface area contributed by atoms with Crippen molar-refractivity contribution in [1.82, 2.24) is 4.90 Å². The molecule has 1 amide bonds. The van der Waals surface area contributed by atoms with Gasteiger partial charge in [0.25, 0.3) is 5.91 Å². The fourth-order valence-electron chi connectivity index (χ4n) is 3.74. The fourth-order valence-corrected chi connectivity index (χ4v) is 5.45. The van der Waals surface area contributed by atoms with E-state index in [4.69, 9.17) is 4.74 Å². The Morgan fingerprint density at radius 2 is 1.72 bits per heavy atom. The molecule has 1 heterocycles. The van der Waals surface area contributed by atoms with Crippen LogP contribution in [0.1, 0.15) is 42.5 Å². The first-order valence-corrected chi connectivity index (χ1v) is 10.5. The number of nitrogens with zero attached hydrogens (tertiary/aromatic N) is 1. The lowest BCUT2D eigenvalue weighted by molar-refractivity contribution is -0.139. The summed E-state index contributed by atoms with van der Waals surface area (Å²) in [6.45, 7) is -0.346. The molecule has 0 spiro atoms. The molecule has 1 aromatic carbocycles. The summed E-state index contributed by atoms with van der Waals surface area (Å²) in [6, 6.07) is 8.27. The SMILES string of the molecule is O=C(OCC(=O)N(C1CCCC1)[C@@H]1CCS(=O)(=O)C1)c1ccccc1. The molecule has 0 bridgehead atoms. The summed E-state index contributed by atoms with van der Waals surface area (Å²) in [4.78, 5) is 26.4. The van der Waals surface area contributed by atoms with Gasteiger partial charge in [-0.25, -0.2) is 13.2 Å². The maximum Gasteiger partial charge on any atom is 0.338 e. The fraction of sp³-hybridized carbons (Fsp3) is 0.556. The summed E-state index contributed by atoms with van der Waals surface area (Å²) < 4.78 is 28.8. The monoisotopic (exact) mass is 365 g/mol. The molecule has 1 saturated carbocycles. The Labute approximate surface area is 148 Å². The maximum atomic E-state index is 12.7. The van der Waals surface area contributed by atoms with Crippen LogP contribution in [-0.2, 0) is 19.4 Å². The minimum atomic E-state index is -3.08. The van der Waals surface area contributed by atoms with Crippen LogP contribution in [0.25, 0.3) is 0 Å². The summed E-state index contributed by atoms with van der Waals surface area (Å²) in [6.07, 6.45) is 4.32. The third kappa shape index (κ3) is 4.39. The second kappa shape index (κ2) is 7.56. The van der Waals surface area contributed by atoms with Gasteiger partial charge in [0.05, 0.1) is 17.1 Å². The van der Waals surface area contributed by atoms with E-state index >= 15 is 0 Å². The smallest absolute Gasteiger partial charge is 0.338 e. The van der Waals surface area contributed by atoms with Gasteiger partial charge in [-0.3, -0.25) is 4.79 Å². The molecule has 25 heavy (non-hydrogen) atoms. The van der Waals surface area contributed by atoms with E-state index in [1.54, 1.807) is 35.2 Å². The number of benzene rings is 1. The van der Waals surface area contributed by atoms with Crippen LogP contribution >= 0.6 is 0 Å². The lowest BCUT2D eigenvalue weighted by Gasteiger charge is -2.33. The molecule has 136 valence electrons. The van der Waals surface area contributed by atoms with E-state index < -0.39 is 15.8 Å². The highest BCUT2D eigenvalue weighted by Crippen LogP contribution is 2.29. The second-order valence-electron chi connectivity index (χ2n) is 6.74. The first-order chi connectivity index (χ1) is 12.0. The second-order valence-corrected chi connectivity index (χ2v) is 8.97.